The molecule has 128 valence electrons. The van der Waals surface area contributed by atoms with Gasteiger partial charge in [-0.25, -0.2) is 4.98 Å². The first-order chi connectivity index (χ1) is 12.2. The molecule has 3 aliphatic rings. The maximum Gasteiger partial charge on any atom is 0.273 e. The zero-order valence-electron chi connectivity index (χ0n) is 13.5. The van der Waals surface area contributed by atoms with Gasteiger partial charge in [-0.05, 0) is 5.56 Å². The zero-order chi connectivity index (χ0) is 17.0. The number of hydrogen-bond acceptors (Lipinski definition) is 5. The second-order valence-corrected chi connectivity index (χ2v) is 7.43. The molecule has 1 aromatic heterocycles. The minimum absolute atomic E-state index is 0.0687. The molecule has 0 radical (unpaired) electrons. The van der Waals surface area contributed by atoms with Gasteiger partial charge in [-0.15, -0.1) is 11.3 Å². The van der Waals surface area contributed by atoms with Crippen LogP contribution in [0.3, 0.4) is 0 Å². The summed E-state index contributed by atoms with van der Waals surface area (Å²) in [5.74, 6) is -0.0382. The summed E-state index contributed by atoms with van der Waals surface area (Å²) in [5, 5.41) is 1.75. The molecule has 3 fully saturated rings. The Balaban J connectivity index is 1.46. The molecule has 3 saturated heterocycles. The van der Waals surface area contributed by atoms with Crippen molar-refractivity contribution in [1.82, 2.24) is 14.8 Å². The van der Waals surface area contributed by atoms with Crippen molar-refractivity contribution in [2.24, 2.45) is 0 Å². The van der Waals surface area contributed by atoms with Gasteiger partial charge < -0.3 is 14.5 Å². The first kappa shape index (κ1) is 15.0. The van der Waals surface area contributed by atoms with Crippen molar-refractivity contribution in [1.29, 1.82) is 0 Å². The number of nitrogens with zero attached hydrogens (tertiary/aromatic N) is 3. The van der Waals surface area contributed by atoms with Gasteiger partial charge in [0.25, 0.3) is 5.91 Å². The predicted molar refractivity (Wildman–Crippen MR) is 90.9 cm³/mol. The molecule has 1 aromatic carbocycles. The van der Waals surface area contributed by atoms with Gasteiger partial charge in [0.05, 0.1) is 24.5 Å². The Morgan fingerprint density at radius 2 is 2.16 bits per heavy atom. The van der Waals surface area contributed by atoms with Crippen LogP contribution in [-0.2, 0) is 9.53 Å². The lowest BCUT2D eigenvalue weighted by molar-refractivity contribution is -0.138. The van der Waals surface area contributed by atoms with Crippen LogP contribution in [0.4, 0.5) is 0 Å². The zero-order valence-corrected chi connectivity index (χ0v) is 14.3. The predicted octanol–water partition coefficient (Wildman–Crippen LogP) is 2.06. The first-order valence-corrected chi connectivity index (χ1v) is 9.36. The van der Waals surface area contributed by atoms with Crippen molar-refractivity contribution in [2.45, 2.75) is 30.7 Å². The van der Waals surface area contributed by atoms with Crippen LogP contribution in [0.1, 0.15) is 35.0 Å². The SMILES string of the molecule is O=C(c1cscn1)N1CC[C@@]23O[C@@H](c4ccccc4)CN2C(=O)C[C@@H]13. The third-order valence-corrected chi connectivity index (χ3v) is 6.10. The Morgan fingerprint density at radius 3 is 2.92 bits per heavy atom. The smallest absolute Gasteiger partial charge is 0.273 e. The van der Waals surface area contributed by atoms with Crippen LogP contribution in [0.25, 0.3) is 0 Å². The van der Waals surface area contributed by atoms with Gasteiger partial charge >= 0.3 is 0 Å². The maximum atomic E-state index is 12.8. The average molecular weight is 355 g/mol. The van der Waals surface area contributed by atoms with E-state index in [2.05, 4.69) is 4.98 Å². The third kappa shape index (κ3) is 2.09. The van der Waals surface area contributed by atoms with E-state index in [4.69, 9.17) is 4.74 Å². The number of hydrogen-bond donors (Lipinski definition) is 0. The van der Waals surface area contributed by atoms with E-state index in [9.17, 15) is 9.59 Å². The molecule has 6 nitrogen and oxygen atoms in total. The van der Waals surface area contributed by atoms with Crippen molar-refractivity contribution >= 4 is 23.2 Å². The number of ether oxygens (including phenoxy) is 1. The molecular weight excluding hydrogens is 338 g/mol. The van der Waals surface area contributed by atoms with Crippen LogP contribution >= 0.6 is 11.3 Å². The molecule has 1 spiro atoms. The van der Waals surface area contributed by atoms with Crippen LogP contribution in [0.15, 0.2) is 41.2 Å². The van der Waals surface area contributed by atoms with Crippen LogP contribution in [0, 0.1) is 0 Å². The fourth-order valence-electron chi connectivity index (χ4n) is 4.37. The summed E-state index contributed by atoms with van der Waals surface area (Å²) in [7, 11) is 0. The van der Waals surface area contributed by atoms with Crippen molar-refractivity contribution in [2.75, 3.05) is 13.1 Å². The van der Waals surface area contributed by atoms with E-state index in [0.717, 1.165) is 5.56 Å². The third-order valence-electron chi connectivity index (χ3n) is 5.51. The summed E-state index contributed by atoms with van der Waals surface area (Å²) in [6, 6.07) is 9.74. The van der Waals surface area contributed by atoms with E-state index < -0.39 is 5.72 Å². The Kier molecular flexibility index (Phi) is 3.23. The summed E-state index contributed by atoms with van der Waals surface area (Å²) in [5.41, 5.74) is 2.50. The summed E-state index contributed by atoms with van der Waals surface area (Å²) in [6.45, 7) is 1.14. The monoisotopic (exact) mass is 355 g/mol. The first-order valence-electron chi connectivity index (χ1n) is 8.41. The molecule has 0 bridgehead atoms. The van der Waals surface area contributed by atoms with Crippen LogP contribution in [-0.4, -0.2) is 51.5 Å². The van der Waals surface area contributed by atoms with E-state index in [1.807, 2.05) is 35.2 Å². The fourth-order valence-corrected chi connectivity index (χ4v) is 4.90. The molecular formula is C18H17N3O3S. The number of benzene rings is 1. The number of rotatable bonds is 2. The van der Waals surface area contributed by atoms with E-state index in [-0.39, 0.29) is 24.0 Å². The van der Waals surface area contributed by atoms with Gasteiger partial charge in [-0.3, -0.25) is 9.59 Å². The Morgan fingerprint density at radius 1 is 1.32 bits per heavy atom. The molecule has 0 unspecified atom stereocenters. The topological polar surface area (TPSA) is 62.7 Å². The second-order valence-electron chi connectivity index (χ2n) is 6.71. The molecule has 5 rings (SSSR count). The van der Waals surface area contributed by atoms with Crippen molar-refractivity contribution in [3.05, 3.63) is 52.5 Å². The Bertz CT molecular complexity index is 825. The molecule has 3 atom stereocenters. The van der Waals surface area contributed by atoms with Gasteiger partial charge in [0.15, 0.2) is 5.72 Å². The quantitative estimate of drug-likeness (QED) is 0.827. The number of likely N-dealkylation sites (tertiary alicyclic amines) is 1. The largest absolute Gasteiger partial charge is 0.343 e. The fraction of sp³-hybridized carbons (Fsp3) is 0.389. The van der Waals surface area contributed by atoms with Crippen LogP contribution in [0.2, 0.25) is 0 Å². The van der Waals surface area contributed by atoms with Crippen molar-refractivity contribution in [3.63, 3.8) is 0 Å². The minimum Gasteiger partial charge on any atom is -0.343 e. The highest BCUT2D eigenvalue weighted by atomic mass is 32.1. The standard InChI is InChI=1S/C18H17N3O3S/c22-16-8-15-18(6-7-20(15)17(23)13-10-25-11-19-13)21(16)9-14(24-18)12-4-2-1-3-5-12/h1-5,10-11,14-15H,6-9H2/t14-,15-,18+/m1/s1. The Hall–Kier alpha value is -2.25. The van der Waals surface area contributed by atoms with Crippen LogP contribution in [0.5, 0.6) is 0 Å². The average Bonchev–Trinajstić information content (AvgIpc) is 3.38. The van der Waals surface area contributed by atoms with Crippen LogP contribution < -0.4 is 0 Å². The summed E-state index contributed by atoms with van der Waals surface area (Å²) >= 11 is 1.40. The molecule has 0 N–H and O–H groups in total. The molecule has 0 aliphatic carbocycles. The lowest BCUT2D eigenvalue weighted by Gasteiger charge is -2.31. The maximum absolute atomic E-state index is 12.8. The van der Waals surface area contributed by atoms with Crippen molar-refractivity contribution < 1.29 is 14.3 Å². The summed E-state index contributed by atoms with van der Waals surface area (Å²) in [4.78, 5) is 33.1. The van der Waals surface area contributed by atoms with Gasteiger partial charge in [-0.1, -0.05) is 30.3 Å². The molecule has 7 heteroatoms. The van der Waals surface area contributed by atoms with Gasteiger partial charge in [0, 0.05) is 18.3 Å². The number of aromatic nitrogens is 1. The molecule has 0 saturated carbocycles. The molecule has 4 heterocycles. The highest BCUT2D eigenvalue weighted by molar-refractivity contribution is 7.07. The molecule has 25 heavy (non-hydrogen) atoms. The van der Waals surface area contributed by atoms with Gasteiger partial charge in [0.1, 0.15) is 11.8 Å². The highest BCUT2D eigenvalue weighted by Crippen LogP contribution is 2.50. The summed E-state index contributed by atoms with van der Waals surface area (Å²) < 4.78 is 6.44. The number of carbonyl (C=O) groups is 2. The van der Waals surface area contributed by atoms with E-state index in [1.54, 1.807) is 15.8 Å². The number of carbonyl (C=O) groups excluding carboxylic acids is 2. The molecule has 2 amide bonds. The lowest BCUT2D eigenvalue weighted by Crippen LogP contribution is -2.48. The summed E-state index contributed by atoms with van der Waals surface area (Å²) in [6.07, 6.45) is 0.849. The van der Waals surface area contributed by atoms with E-state index >= 15 is 0 Å². The molecule has 3 aliphatic heterocycles. The van der Waals surface area contributed by atoms with E-state index in [1.165, 1.54) is 11.3 Å². The Labute approximate surface area is 149 Å². The second kappa shape index (κ2) is 5.37. The highest BCUT2D eigenvalue weighted by Gasteiger charge is 2.65. The minimum atomic E-state index is -0.677. The normalized spacial score (nSPS) is 30.6. The van der Waals surface area contributed by atoms with E-state index in [0.29, 0.717) is 31.6 Å². The van der Waals surface area contributed by atoms with Crippen molar-refractivity contribution in [3.8, 4) is 0 Å². The number of amides is 2. The van der Waals surface area contributed by atoms with Gasteiger partial charge in [0.2, 0.25) is 5.91 Å². The van der Waals surface area contributed by atoms with Gasteiger partial charge in [-0.2, -0.15) is 0 Å². The molecule has 2 aromatic rings. The lowest BCUT2D eigenvalue weighted by atomic mass is 10.1. The number of thiazole rings is 1.